The Morgan fingerprint density at radius 3 is 1.35 bits per heavy atom. The first-order valence-electron chi connectivity index (χ1n) is 17.4. The van der Waals surface area contributed by atoms with Crippen molar-refractivity contribution in [2.45, 2.75) is 13.3 Å². The number of rotatable bonds is 3. The topological polar surface area (TPSA) is 83.7 Å². The molecule has 0 saturated heterocycles. The fourth-order valence-corrected chi connectivity index (χ4v) is 8.69. The van der Waals surface area contributed by atoms with Gasteiger partial charge in [-0.05, 0) is 61.0 Å². The van der Waals surface area contributed by atoms with Crippen molar-refractivity contribution in [1.29, 1.82) is 10.5 Å². The zero-order valence-electron chi connectivity index (χ0n) is 27.9. The number of fused-ring (bicyclic) bond motifs is 14. The highest BCUT2D eigenvalue weighted by Gasteiger charge is 2.27. The summed E-state index contributed by atoms with van der Waals surface area (Å²) < 4.78 is 17.5. The Balaban J connectivity index is 1.31. The van der Waals surface area contributed by atoms with Crippen LogP contribution in [0.4, 0.5) is 0 Å². The lowest BCUT2D eigenvalue weighted by Gasteiger charge is -2.21. The van der Waals surface area contributed by atoms with Crippen LogP contribution in [-0.2, 0) is 6.42 Å². The average molecular weight is 667 g/mol. The van der Waals surface area contributed by atoms with Crippen molar-refractivity contribution in [2.24, 2.45) is 0 Å². The van der Waals surface area contributed by atoms with E-state index in [2.05, 4.69) is 88.9 Å². The van der Waals surface area contributed by atoms with E-state index in [0.29, 0.717) is 17.5 Å². The summed E-state index contributed by atoms with van der Waals surface area (Å²) in [5, 5.41) is 29.9. The number of nitriles is 2. The van der Waals surface area contributed by atoms with Gasteiger partial charge in [0.2, 0.25) is 0 Å². The Hall–Kier alpha value is -7.28. The normalized spacial score (nSPS) is 12.0. The van der Waals surface area contributed by atoms with Gasteiger partial charge in [-0.1, -0.05) is 79.7 Å². The highest BCUT2D eigenvalue weighted by molar-refractivity contribution is 6.25. The van der Waals surface area contributed by atoms with Gasteiger partial charge in [0.15, 0.2) is 0 Å². The predicted molar refractivity (Wildman–Crippen MR) is 208 cm³/mol. The van der Waals surface area contributed by atoms with Gasteiger partial charge >= 0.3 is 0 Å². The van der Waals surface area contributed by atoms with Crippen molar-refractivity contribution in [2.75, 3.05) is 0 Å². The molecule has 0 amide bonds. The Kier molecular flexibility index (Phi) is 5.69. The van der Waals surface area contributed by atoms with Crippen LogP contribution in [0.3, 0.4) is 0 Å². The summed E-state index contributed by atoms with van der Waals surface area (Å²) in [5.74, 6) is 0. The zero-order chi connectivity index (χ0) is 34.7. The molecule has 4 heterocycles. The highest BCUT2D eigenvalue weighted by atomic mass is 16.3. The summed E-state index contributed by atoms with van der Waals surface area (Å²) in [4.78, 5) is 0. The smallest absolute Gasteiger partial charge is 0.145 e. The molecule has 0 N–H and O–H groups in total. The van der Waals surface area contributed by atoms with Gasteiger partial charge in [0.1, 0.15) is 34.5 Å². The number of para-hydroxylation sites is 4. The number of aromatic nitrogens is 2. The van der Waals surface area contributed by atoms with Gasteiger partial charge in [0.25, 0.3) is 0 Å². The van der Waals surface area contributed by atoms with E-state index in [4.69, 9.17) is 8.83 Å². The lowest BCUT2D eigenvalue weighted by molar-refractivity contribution is 0.672. The number of hydrogen-bond donors (Lipinski definition) is 0. The molecule has 0 aliphatic heterocycles. The fraction of sp³-hybridized carbons (Fsp3) is 0.0435. The quantitative estimate of drug-likeness (QED) is 0.188. The molecule has 6 heteroatoms. The van der Waals surface area contributed by atoms with Crippen LogP contribution in [0.2, 0.25) is 0 Å². The summed E-state index contributed by atoms with van der Waals surface area (Å²) in [7, 11) is 0. The summed E-state index contributed by atoms with van der Waals surface area (Å²) in [6.07, 6.45) is 0.566. The summed E-state index contributed by atoms with van der Waals surface area (Å²) in [5.41, 5.74) is 10.4. The standard InChI is InChI=1S/C46H26N4O2/c1-2-28-43(49-35-15-7-3-13-33(35)41-37(49)21-19-31-29-11-5-9-17-39(29)51-45(31)41)26(24-47)23-27(25-48)44(28)50-36-16-8-4-14-34(36)42-38(50)22-20-32-30-12-6-10-18-40(30)52-46(32)42/h3-23H,2H2,1H3. The molecule has 0 bridgehead atoms. The summed E-state index contributed by atoms with van der Waals surface area (Å²) in [6, 6.07) is 48.0. The van der Waals surface area contributed by atoms with Crippen molar-refractivity contribution in [3.05, 3.63) is 144 Å². The molecule has 0 saturated carbocycles. The number of benzene rings is 7. The van der Waals surface area contributed by atoms with E-state index < -0.39 is 0 Å². The van der Waals surface area contributed by atoms with Crippen LogP contribution in [0.15, 0.2) is 136 Å². The Morgan fingerprint density at radius 2 is 0.904 bits per heavy atom. The van der Waals surface area contributed by atoms with Crippen LogP contribution >= 0.6 is 0 Å². The summed E-state index contributed by atoms with van der Waals surface area (Å²) in [6.45, 7) is 2.10. The molecule has 6 nitrogen and oxygen atoms in total. The molecule has 0 aliphatic carbocycles. The molecule has 0 spiro atoms. The monoisotopic (exact) mass is 666 g/mol. The molecule has 11 aromatic rings. The Labute approximate surface area is 296 Å². The van der Waals surface area contributed by atoms with E-state index in [1.807, 2.05) is 60.7 Å². The van der Waals surface area contributed by atoms with E-state index in [1.54, 1.807) is 6.07 Å². The van der Waals surface area contributed by atoms with Gasteiger partial charge in [0.05, 0.1) is 55.3 Å². The maximum absolute atomic E-state index is 10.8. The van der Waals surface area contributed by atoms with Crippen LogP contribution in [0.1, 0.15) is 23.6 Å². The lowest BCUT2D eigenvalue weighted by Crippen LogP contribution is -2.10. The minimum Gasteiger partial charge on any atom is -0.455 e. The van der Waals surface area contributed by atoms with E-state index in [0.717, 1.165) is 104 Å². The first-order valence-corrected chi connectivity index (χ1v) is 17.4. The van der Waals surface area contributed by atoms with Crippen LogP contribution in [0.5, 0.6) is 0 Å². The molecule has 0 fully saturated rings. The summed E-state index contributed by atoms with van der Waals surface area (Å²) >= 11 is 0. The van der Waals surface area contributed by atoms with E-state index in [1.165, 1.54) is 0 Å². The Bertz CT molecular complexity index is 3200. The van der Waals surface area contributed by atoms with Gasteiger partial charge in [-0.3, -0.25) is 0 Å². The number of hydrogen-bond acceptors (Lipinski definition) is 4. The largest absolute Gasteiger partial charge is 0.455 e. The molecule has 52 heavy (non-hydrogen) atoms. The van der Waals surface area contributed by atoms with E-state index in [-0.39, 0.29) is 0 Å². The van der Waals surface area contributed by atoms with Crippen LogP contribution < -0.4 is 0 Å². The highest BCUT2D eigenvalue weighted by Crippen LogP contribution is 2.45. The third-order valence-corrected chi connectivity index (χ3v) is 10.8. The number of nitrogens with zero attached hydrogens (tertiary/aromatic N) is 4. The number of furan rings is 2. The lowest BCUT2D eigenvalue weighted by atomic mass is 9.97. The molecule has 0 radical (unpaired) electrons. The van der Waals surface area contributed by atoms with Crippen molar-refractivity contribution >= 4 is 87.5 Å². The van der Waals surface area contributed by atoms with Crippen LogP contribution in [0.25, 0.3) is 98.9 Å². The van der Waals surface area contributed by atoms with Crippen molar-refractivity contribution in [1.82, 2.24) is 9.13 Å². The molecular formula is C46H26N4O2. The average Bonchev–Trinajstić information content (AvgIpc) is 3.94. The SMILES string of the molecule is CCc1c(-n2c3ccccc3c3c4oc5ccccc5c4ccc32)c(C#N)cc(C#N)c1-n1c2ccccc2c2c3oc4ccccc4c3ccc21. The second kappa shape index (κ2) is 10.4. The van der Waals surface area contributed by atoms with Gasteiger partial charge in [-0.2, -0.15) is 10.5 Å². The van der Waals surface area contributed by atoms with Crippen LogP contribution in [-0.4, -0.2) is 9.13 Å². The third-order valence-electron chi connectivity index (χ3n) is 10.8. The minimum absolute atomic E-state index is 0.435. The molecular weight excluding hydrogens is 641 g/mol. The predicted octanol–water partition coefficient (Wildman–Crippen LogP) is 12.0. The fourth-order valence-electron chi connectivity index (χ4n) is 8.69. The van der Waals surface area contributed by atoms with Gasteiger partial charge < -0.3 is 18.0 Å². The molecule has 11 rings (SSSR count). The van der Waals surface area contributed by atoms with Gasteiger partial charge in [-0.15, -0.1) is 0 Å². The zero-order valence-corrected chi connectivity index (χ0v) is 27.9. The molecule has 7 aromatic carbocycles. The molecule has 0 unspecified atom stereocenters. The van der Waals surface area contributed by atoms with Gasteiger partial charge in [0, 0.05) is 37.9 Å². The first kappa shape index (κ1) is 28.5. The van der Waals surface area contributed by atoms with Crippen molar-refractivity contribution < 1.29 is 8.83 Å². The van der Waals surface area contributed by atoms with Crippen molar-refractivity contribution in [3.8, 4) is 23.5 Å². The maximum atomic E-state index is 10.8. The molecule has 0 atom stereocenters. The van der Waals surface area contributed by atoms with Crippen molar-refractivity contribution in [3.63, 3.8) is 0 Å². The third kappa shape index (κ3) is 3.55. The first-order chi connectivity index (χ1) is 25.7. The molecule has 242 valence electrons. The Morgan fingerprint density at radius 1 is 0.481 bits per heavy atom. The molecule has 0 aliphatic rings. The molecule has 4 aromatic heterocycles. The van der Waals surface area contributed by atoms with E-state index >= 15 is 0 Å². The minimum atomic E-state index is 0.435. The van der Waals surface area contributed by atoms with E-state index in [9.17, 15) is 10.5 Å². The van der Waals surface area contributed by atoms with Crippen LogP contribution in [0, 0.1) is 22.7 Å². The second-order valence-corrected chi connectivity index (χ2v) is 13.3. The second-order valence-electron chi connectivity index (χ2n) is 13.3. The van der Waals surface area contributed by atoms with Gasteiger partial charge in [-0.25, -0.2) is 0 Å². The maximum Gasteiger partial charge on any atom is 0.145 e.